The van der Waals surface area contributed by atoms with Crippen LogP contribution in [0.4, 0.5) is 0 Å². The lowest BCUT2D eigenvalue weighted by atomic mass is 10.0. The summed E-state index contributed by atoms with van der Waals surface area (Å²) in [4.78, 5) is 11.9. The molecule has 1 aromatic rings. The Bertz CT molecular complexity index is 413. The molecule has 0 bridgehead atoms. The van der Waals surface area contributed by atoms with E-state index < -0.39 is 5.79 Å². The summed E-state index contributed by atoms with van der Waals surface area (Å²) in [5.74, 6) is -0.224. The van der Waals surface area contributed by atoms with Crippen LogP contribution in [0.25, 0.3) is 0 Å². The summed E-state index contributed by atoms with van der Waals surface area (Å²) in [6, 6.07) is 9.24. The van der Waals surface area contributed by atoms with Crippen molar-refractivity contribution in [3.8, 4) is 0 Å². The minimum absolute atomic E-state index is 0.0362. The second-order valence-electron chi connectivity index (χ2n) is 5.22. The van der Waals surface area contributed by atoms with Crippen LogP contribution in [0.3, 0.4) is 0 Å². The molecule has 0 spiro atoms. The smallest absolute Gasteiger partial charge is 0.251 e. The van der Waals surface area contributed by atoms with E-state index in [-0.39, 0.29) is 5.91 Å². The molecule has 1 saturated heterocycles. The molecule has 1 fully saturated rings. The molecule has 0 aromatic heterocycles. The van der Waals surface area contributed by atoms with Crippen molar-refractivity contribution in [1.29, 1.82) is 0 Å². The highest BCUT2D eigenvalue weighted by Crippen LogP contribution is 2.26. The van der Waals surface area contributed by atoms with E-state index in [0.29, 0.717) is 31.2 Å². The maximum Gasteiger partial charge on any atom is 0.251 e. The van der Waals surface area contributed by atoms with Crippen molar-refractivity contribution >= 4 is 5.91 Å². The zero-order valence-electron chi connectivity index (χ0n) is 11.5. The van der Waals surface area contributed by atoms with Crippen molar-refractivity contribution in [2.45, 2.75) is 26.1 Å². The SMILES string of the molecule is CC(CNC(=O)c1ccccc1)CC1(C)OCCO1. The van der Waals surface area contributed by atoms with Crippen molar-refractivity contribution in [3.05, 3.63) is 35.9 Å². The quantitative estimate of drug-likeness (QED) is 0.886. The summed E-state index contributed by atoms with van der Waals surface area (Å²) in [6.45, 7) is 5.96. The van der Waals surface area contributed by atoms with Crippen LogP contribution < -0.4 is 5.32 Å². The predicted molar refractivity (Wildman–Crippen MR) is 72.9 cm³/mol. The Morgan fingerprint density at radius 3 is 2.58 bits per heavy atom. The molecule has 1 atom stereocenters. The van der Waals surface area contributed by atoms with Crippen LogP contribution in [0.2, 0.25) is 0 Å². The number of hydrogen-bond donors (Lipinski definition) is 1. The normalized spacial score (nSPS) is 19.1. The van der Waals surface area contributed by atoms with E-state index >= 15 is 0 Å². The van der Waals surface area contributed by atoms with Gasteiger partial charge in [0.2, 0.25) is 0 Å². The van der Waals surface area contributed by atoms with Gasteiger partial charge in [-0.3, -0.25) is 4.79 Å². The average molecular weight is 263 g/mol. The third-order valence-corrected chi connectivity index (χ3v) is 3.26. The standard InChI is InChI=1S/C15H21NO3/c1-12(10-15(2)18-8-9-19-15)11-16-14(17)13-6-4-3-5-7-13/h3-7,12H,8-11H2,1-2H3,(H,16,17). The van der Waals surface area contributed by atoms with Gasteiger partial charge in [-0.1, -0.05) is 25.1 Å². The lowest BCUT2D eigenvalue weighted by molar-refractivity contribution is -0.153. The molecule has 4 nitrogen and oxygen atoms in total. The lowest BCUT2D eigenvalue weighted by Crippen LogP contribution is -2.34. The number of nitrogens with one attached hydrogen (secondary N) is 1. The van der Waals surface area contributed by atoms with Crippen LogP contribution in [0.1, 0.15) is 30.6 Å². The number of amides is 1. The van der Waals surface area contributed by atoms with Crippen LogP contribution >= 0.6 is 0 Å². The van der Waals surface area contributed by atoms with Crippen LogP contribution in [0.5, 0.6) is 0 Å². The first-order chi connectivity index (χ1) is 9.09. The molecule has 0 aliphatic carbocycles. The fourth-order valence-corrected chi connectivity index (χ4v) is 2.34. The van der Waals surface area contributed by atoms with E-state index in [1.165, 1.54) is 0 Å². The van der Waals surface area contributed by atoms with Crippen LogP contribution in [0.15, 0.2) is 30.3 Å². The number of benzene rings is 1. The largest absolute Gasteiger partial charge is 0.352 e. The Balaban J connectivity index is 1.77. The van der Waals surface area contributed by atoms with Crippen LogP contribution in [-0.4, -0.2) is 31.5 Å². The topological polar surface area (TPSA) is 47.6 Å². The maximum atomic E-state index is 11.9. The summed E-state index contributed by atoms with van der Waals surface area (Å²) in [5, 5.41) is 2.94. The van der Waals surface area contributed by atoms with Gasteiger partial charge in [0.1, 0.15) is 0 Å². The van der Waals surface area contributed by atoms with Gasteiger partial charge in [0.15, 0.2) is 5.79 Å². The molecule has 1 N–H and O–H groups in total. The highest BCUT2D eigenvalue weighted by Gasteiger charge is 2.32. The number of carbonyl (C=O) groups is 1. The minimum atomic E-state index is -0.489. The second-order valence-corrected chi connectivity index (χ2v) is 5.22. The zero-order chi connectivity index (χ0) is 13.7. The van der Waals surface area contributed by atoms with Gasteiger partial charge >= 0.3 is 0 Å². The Morgan fingerprint density at radius 1 is 1.32 bits per heavy atom. The number of hydrogen-bond acceptors (Lipinski definition) is 3. The average Bonchev–Trinajstić information content (AvgIpc) is 2.83. The fraction of sp³-hybridized carbons (Fsp3) is 0.533. The summed E-state index contributed by atoms with van der Waals surface area (Å²) in [5.41, 5.74) is 0.689. The van der Waals surface area contributed by atoms with Crippen molar-refractivity contribution in [2.75, 3.05) is 19.8 Å². The number of rotatable bonds is 5. The van der Waals surface area contributed by atoms with E-state index in [1.807, 2.05) is 37.3 Å². The van der Waals surface area contributed by atoms with Gasteiger partial charge in [-0.2, -0.15) is 0 Å². The summed E-state index contributed by atoms with van der Waals surface area (Å²) in [7, 11) is 0. The van der Waals surface area contributed by atoms with Gasteiger partial charge in [-0.25, -0.2) is 0 Å². The van der Waals surface area contributed by atoms with Gasteiger partial charge in [-0.05, 0) is 25.0 Å². The van der Waals surface area contributed by atoms with E-state index in [9.17, 15) is 4.79 Å². The lowest BCUT2D eigenvalue weighted by Gasteiger charge is -2.26. The Labute approximate surface area is 114 Å². The van der Waals surface area contributed by atoms with Crippen LogP contribution in [0, 0.1) is 5.92 Å². The van der Waals surface area contributed by atoms with Gasteiger partial charge in [0.25, 0.3) is 5.91 Å². The Hall–Kier alpha value is -1.39. The van der Waals surface area contributed by atoms with Gasteiger partial charge < -0.3 is 14.8 Å². The highest BCUT2D eigenvalue weighted by atomic mass is 16.7. The summed E-state index contributed by atoms with van der Waals surface area (Å²) >= 11 is 0. The van der Waals surface area contributed by atoms with Crippen molar-refractivity contribution in [1.82, 2.24) is 5.32 Å². The first kappa shape index (κ1) is 14.0. The first-order valence-electron chi connectivity index (χ1n) is 6.70. The van der Waals surface area contributed by atoms with E-state index in [0.717, 1.165) is 6.42 Å². The second kappa shape index (κ2) is 6.17. The summed E-state index contributed by atoms with van der Waals surface area (Å²) < 4.78 is 11.1. The third kappa shape index (κ3) is 4.04. The van der Waals surface area contributed by atoms with E-state index in [1.54, 1.807) is 0 Å². The Morgan fingerprint density at radius 2 is 1.95 bits per heavy atom. The minimum Gasteiger partial charge on any atom is -0.352 e. The van der Waals surface area contributed by atoms with Gasteiger partial charge in [0.05, 0.1) is 13.2 Å². The van der Waals surface area contributed by atoms with Crippen molar-refractivity contribution in [3.63, 3.8) is 0 Å². The molecule has 2 rings (SSSR count). The Kier molecular flexibility index (Phi) is 4.56. The molecule has 0 radical (unpaired) electrons. The molecular formula is C15H21NO3. The fourth-order valence-electron chi connectivity index (χ4n) is 2.34. The van der Waals surface area contributed by atoms with Crippen molar-refractivity contribution in [2.24, 2.45) is 5.92 Å². The first-order valence-corrected chi connectivity index (χ1v) is 6.70. The highest BCUT2D eigenvalue weighted by molar-refractivity contribution is 5.94. The third-order valence-electron chi connectivity index (χ3n) is 3.26. The van der Waals surface area contributed by atoms with Crippen LogP contribution in [-0.2, 0) is 9.47 Å². The molecule has 1 unspecified atom stereocenters. The predicted octanol–water partition coefficient (Wildman–Crippen LogP) is 2.21. The zero-order valence-corrected chi connectivity index (χ0v) is 11.5. The number of ether oxygens (including phenoxy) is 2. The molecule has 0 saturated carbocycles. The molecule has 104 valence electrons. The van der Waals surface area contributed by atoms with Gasteiger partial charge in [0, 0.05) is 18.5 Å². The van der Waals surface area contributed by atoms with Gasteiger partial charge in [-0.15, -0.1) is 0 Å². The van der Waals surface area contributed by atoms with Crippen molar-refractivity contribution < 1.29 is 14.3 Å². The molecule has 4 heteroatoms. The molecular weight excluding hydrogens is 242 g/mol. The van der Waals surface area contributed by atoms with E-state index in [2.05, 4.69) is 12.2 Å². The molecule has 1 aliphatic rings. The maximum absolute atomic E-state index is 11.9. The van der Waals surface area contributed by atoms with E-state index in [4.69, 9.17) is 9.47 Å². The molecule has 19 heavy (non-hydrogen) atoms. The molecule has 1 heterocycles. The molecule has 1 aromatic carbocycles. The monoisotopic (exact) mass is 263 g/mol. The molecule has 1 aliphatic heterocycles. The summed E-state index contributed by atoms with van der Waals surface area (Å²) in [6.07, 6.45) is 0.780. The molecule has 1 amide bonds. The number of carbonyl (C=O) groups excluding carboxylic acids is 1.